The van der Waals surface area contributed by atoms with Crippen LogP contribution in [0.25, 0.3) is 0 Å². The minimum atomic E-state index is -1.22. The van der Waals surface area contributed by atoms with Gasteiger partial charge in [0.05, 0.1) is 12.7 Å². The average molecular weight is 353 g/mol. The molecular weight excluding hydrogens is 329 g/mol. The monoisotopic (exact) mass is 353 g/mol. The summed E-state index contributed by atoms with van der Waals surface area (Å²) >= 11 is 0. The number of carbonyl (C=O) groups excluding carboxylic acids is 1. The molecule has 138 valence electrons. The van der Waals surface area contributed by atoms with Crippen LogP contribution in [0.15, 0.2) is 18.2 Å². The van der Waals surface area contributed by atoms with E-state index < -0.39 is 28.9 Å². The number of hydrogen-bond donors (Lipinski definition) is 3. The van der Waals surface area contributed by atoms with Gasteiger partial charge in [0.15, 0.2) is 0 Å². The Morgan fingerprint density at radius 1 is 1.40 bits per heavy atom. The van der Waals surface area contributed by atoms with Crippen LogP contribution in [-0.4, -0.2) is 54.4 Å². The van der Waals surface area contributed by atoms with Crippen LogP contribution < -0.4 is 15.4 Å². The number of rotatable bonds is 3. The number of ether oxygens (including phenoxy) is 1. The maximum Gasteiger partial charge on any atom is 0.409 e. The molecule has 1 fully saturated rings. The summed E-state index contributed by atoms with van der Waals surface area (Å²) in [5.74, 6) is -1.05. The Balaban J connectivity index is 2.44. The topological polar surface area (TPSA) is 90.9 Å². The number of piperazine rings is 1. The second kappa shape index (κ2) is 6.87. The number of nitrogens with one attached hydrogen (secondary N) is 2. The molecule has 25 heavy (non-hydrogen) atoms. The quantitative estimate of drug-likeness (QED) is 0.772. The summed E-state index contributed by atoms with van der Waals surface area (Å²) in [7, 11) is 1.42. The van der Waals surface area contributed by atoms with Crippen LogP contribution in [-0.2, 0) is 0 Å². The SMILES string of the molecule is COc1ccc(F)c(C(=O)NC2(C(C)(C)C)CNCCN2C(=O)O)c1. The maximum absolute atomic E-state index is 14.1. The van der Waals surface area contributed by atoms with Gasteiger partial charge in [-0.15, -0.1) is 0 Å². The van der Waals surface area contributed by atoms with Crippen molar-refractivity contribution in [1.82, 2.24) is 15.5 Å². The highest BCUT2D eigenvalue weighted by molar-refractivity contribution is 5.95. The third-order valence-corrected chi connectivity index (χ3v) is 4.56. The van der Waals surface area contributed by atoms with E-state index in [1.807, 2.05) is 20.8 Å². The van der Waals surface area contributed by atoms with Gasteiger partial charge in [-0.1, -0.05) is 20.8 Å². The molecule has 2 amide bonds. The summed E-state index contributed by atoms with van der Waals surface area (Å²) in [4.78, 5) is 25.7. The average Bonchev–Trinajstić information content (AvgIpc) is 2.54. The summed E-state index contributed by atoms with van der Waals surface area (Å²) in [6, 6.07) is 3.85. The zero-order valence-corrected chi connectivity index (χ0v) is 14.9. The van der Waals surface area contributed by atoms with Crippen LogP contribution in [0.1, 0.15) is 31.1 Å². The number of carboxylic acid groups (broad SMARTS) is 1. The molecule has 0 spiro atoms. The first-order valence-corrected chi connectivity index (χ1v) is 8.00. The van der Waals surface area contributed by atoms with Gasteiger partial charge >= 0.3 is 6.09 Å². The lowest BCUT2D eigenvalue weighted by Gasteiger charge is -2.53. The van der Waals surface area contributed by atoms with Gasteiger partial charge in [-0.3, -0.25) is 9.69 Å². The normalized spacial score (nSPS) is 20.9. The predicted molar refractivity (Wildman–Crippen MR) is 90.2 cm³/mol. The molecule has 1 aromatic rings. The first kappa shape index (κ1) is 19.0. The molecule has 1 aromatic carbocycles. The van der Waals surface area contributed by atoms with Crippen molar-refractivity contribution in [3.8, 4) is 5.75 Å². The molecule has 0 aliphatic carbocycles. The summed E-state index contributed by atoms with van der Waals surface area (Å²) in [5, 5.41) is 15.5. The van der Waals surface area contributed by atoms with Gasteiger partial charge in [0.2, 0.25) is 0 Å². The largest absolute Gasteiger partial charge is 0.497 e. The van der Waals surface area contributed by atoms with Crippen molar-refractivity contribution in [2.45, 2.75) is 26.4 Å². The van der Waals surface area contributed by atoms with Crippen LogP contribution in [0, 0.1) is 11.2 Å². The van der Waals surface area contributed by atoms with Gasteiger partial charge in [-0.25, -0.2) is 9.18 Å². The van der Waals surface area contributed by atoms with E-state index >= 15 is 0 Å². The van der Waals surface area contributed by atoms with Gasteiger partial charge < -0.3 is 20.5 Å². The van der Waals surface area contributed by atoms with E-state index in [-0.39, 0.29) is 18.7 Å². The minimum Gasteiger partial charge on any atom is -0.497 e. The van der Waals surface area contributed by atoms with E-state index in [1.165, 1.54) is 24.1 Å². The Bertz CT molecular complexity index is 674. The van der Waals surface area contributed by atoms with Crippen LogP contribution in [0.3, 0.4) is 0 Å². The number of halogens is 1. The van der Waals surface area contributed by atoms with Crippen molar-refractivity contribution in [3.63, 3.8) is 0 Å². The lowest BCUT2D eigenvalue weighted by molar-refractivity contribution is -0.0334. The van der Waals surface area contributed by atoms with Crippen LogP contribution in [0.2, 0.25) is 0 Å². The van der Waals surface area contributed by atoms with E-state index in [9.17, 15) is 19.1 Å². The Kier molecular flexibility index (Phi) is 5.22. The summed E-state index contributed by atoms with van der Waals surface area (Å²) < 4.78 is 19.2. The van der Waals surface area contributed by atoms with Gasteiger partial charge in [-0.2, -0.15) is 0 Å². The number of amides is 2. The zero-order valence-electron chi connectivity index (χ0n) is 14.9. The first-order chi connectivity index (χ1) is 11.6. The Morgan fingerprint density at radius 2 is 2.08 bits per heavy atom. The number of benzene rings is 1. The predicted octanol–water partition coefficient (Wildman–Crippen LogP) is 1.89. The standard InChI is InChI=1S/C17H24FN3O4/c1-16(2,3)17(10-19-7-8-21(17)15(23)24)20-14(22)12-9-11(25-4)5-6-13(12)18/h5-6,9,19H,7-8,10H2,1-4H3,(H,20,22)(H,23,24). The molecule has 3 N–H and O–H groups in total. The second-order valence-electron chi connectivity index (χ2n) is 7.02. The van der Waals surface area contributed by atoms with Crippen molar-refractivity contribution in [2.24, 2.45) is 5.41 Å². The van der Waals surface area contributed by atoms with E-state index in [2.05, 4.69) is 10.6 Å². The number of methoxy groups -OCH3 is 1. The Morgan fingerprint density at radius 3 is 2.64 bits per heavy atom. The van der Waals surface area contributed by atoms with Gasteiger partial charge in [-0.05, 0) is 18.2 Å². The summed E-state index contributed by atoms with van der Waals surface area (Å²) in [6.07, 6.45) is -1.14. The molecule has 1 saturated heterocycles. The fourth-order valence-corrected chi connectivity index (χ4v) is 3.04. The van der Waals surface area contributed by atoms with Crippen molar-refractivity contribution in [3.05, 3.63) is 29.6 Å². The fraction of sp³-hybridized carbons (Fsp3) is 0.529. The molecule has 0 radical (unpaired) electrons. The van der Waals surface area contributed by atoms with Crippen molar-refractivity contribution in [2.75, 3.05) is 26.7 Å². The van der Waals surface area contributed by atoms with Crippen LogP contribution in [0.4, 0.5) is 9.18 Å². The molecule has 1 atom stereocenters. The Hall–Kier alpha value is -2.35. The molecule has 1 aliphatic heterocycles. The lowest BCUT2D eigenvalue weighted by Crippen LogP contribution is -2.75. The minimum absolute atomic E-state index is 0.195. The van der Waals surface area contributed by atoms with Crippen LogP contribution >= 0.6 is 0 Å². The highest BCUT2D eigenvalue weighted by atomic mass is 19.1. The van der Waals surface area contributed by atoms with Crippen molar-refractivity contribution >= 4 is 12.0 Å². The van der Waals surface area contributed by atoms with E-state index in [0.29, 0.717) is 12.3 Å². The molecule has 1 heterocycles. The van der Waals surface area contributed by atoms with Gasteiger partial charge in [0.25, 0.3) is 5.91 Å². The maximum atomic E-state index is 14.1. The first-order valence-electron chi connectivity index (χ1n) is 8.00. The second-order valence-corrected chi connectivity index (χ2v) is 7.02. The summed E-state index contributed by atoms with van der Waals surface area (Å²) in [5.41, 5.74) is -2.05. The fourth-order valence-electron chi connectivity index (χ4n) is 3.04. The van der Waals surface area contributed by atoms with Crippen molar-refractivity contribution in [1.29, 1.82) is 0 Å². The van der Waals surface area contributed by atoms with E-state index in [4.69, 9.17) is 4.74 Å². The number of carbonyl (C=O) groups is 2. The molecule has 0 saturated carbocycles. The number of nitrogens with zero attached hydrogens (tertiary/aromatic N) is 1. The zero-order chi connectivity index (χ0) is 18.8. The lowest BCUT2D eigenvalue weighted by atomic mass is 9.77. The number of hydrogen-bond acceptors (Lipinski definition) is 4. The van der Waals surface area contributed by atoms with Crippen molar-refractivity contribution < 1.29 is 23.8 Å². The van der Waals surface area contributed by atoms with Gasteiger partial charge in [0.1, 0.15) is 17.2 Å². The molecule has 7 nitrogen and oxygen atoms in total. The highest BCUT2D eigenvalue weighted by Crippen LogP contribution is 2.35. The van der Waals surface area contributed by atoms with E-state index in [0.717, 1.165) is 6.07 Å². The third-order valence-electron chi connectivity index (χ3n) is 4.56. The Labute approximate surface area is 146 Å². The molecule has 2 rings (SSSR count). The molecule has 1 aliphatic rings. The summed E-state index contributed by atoms with van der Waals surface area (Å²) in [6.45, 7) is 6.41. The third kappa shape index (κ3) is 3.53. The molecule has 8 heteroatoms. The van der Waals surface area contributed by atoms with E-state index in [1.54, 1.807) is 0 Å². The van der Waals surface area contributed by atoms with Gasteiger partial charge in [0, 0.05) is 25.0 Å². The molecular formula is C17H24FN3O4. The molecule has 0 aromatic heterocycles. The molecule has 1 unspecified atom stereocenters. The van der Waals surface area contributed by atoms with Crippen LogP contribution in [0.5, 0.6) is 5.75 Å². The smallest absolute Gasteiger partial charge is 0.409 e. The highest BCUT2D eigenvalue weighted by Gasteiger charge is 2.51. The molecule has 0 bridgehead atoms.